The summed E-state index contributed by atoms with van der Waals surface area (Å²) in [6, 6.07) is 8.24. The SMILES string of the molecule is CC(C)c1cc(-c2nnc(SCc3cn4ccccc4n3)n2C)cs1. The highest BCUT2D eigenvalue weighted by molar-refractivity contribution is 7.98. The zero-order valence-electron chi connectivity index (χ0n) is 14.4. The van der Waals surface area contributed by atoms with Gasteiger partial charge in [-0.15, -0.1) is 21.5 Å². The largest absolute Gasteiger partial charge is 0.307 e. The van der Waals surface area contributed by atoms with Crippen molar-refractivity contribution in [2.45, 2.75) is 30.7 Å². The summed E-state index contributed by atoms with van der Waals surface area (Å²) in [5.41, 5.74) is 3.15. The molecule has 5 nitrogen and oxygen atoms in total. The van der Waals surface area contributed by atoms with Crippen LogP contribution in [-0.2, 0) is 12.8 Å². The van der Waals surface area contributed by atoms with Crippen LogP contribution in [0.2, 0.25) is 0 Å². The normalized spacial score (nSPS) is 11.7. The van der Waals surface area contributed by atoms with Gasteiger partial charge in [0.1, 0.15) is 5.65 Å². The van der Waals surface area contributed by atoms with Gasteiger partial charge in [-0.25, -0.2) is 4.98 Å². The molecule has 0 fully saturated rings. The maximum atomic E-state index is 4.63. The highest BCUT2D eigenvalue weighted by Gasteiger charge is 2.14. The molecular weight excluding hydrogens is 350 g/mol. The van der Waals surface area contributed by atoms with Crippen LogP contribution < -0.4 is 0 Å². The molecule has 0 N–H and O–H groups in total. The minimum atomic E-state index is 0.538. The summed E-state index contributed by atoms with van der Waals surface area (Å²) in [4.78, 5) is 6.00. The number of imidazole rings is 1. The van der Waals surface area contributed by atoms with Crippen LogP contribution in [0, 0.1) is 0 Å². The van der Waals surface area contributed by atoms with Crippen molar-refractivity contribution in [1.82, 2.24) is 24.1 Å². The molecule has 0 aromatic carbocycles. The molecule has 25 heavy (non-hydrogen) atoms. The topological polar surface area (TPSA) is 48.0 Å². The first-order valence-electron chi connectivity index (χ1n) is 8.15. The van der Waals surface area contributed by atoms with Gasteiger partial charge >= 0.3 is 0 Å². The molecule has 7 heteroatoms. The van der Waals surface area contributed by atoms with Gasteiger partial charge in [0.05, 0.1) is 5.69 Å². The zero-order valence-corrected chi connectivity index (χ0v) is 16.0. The second-order valence-corrected chi connectivity index (χ2v) is 8.13. The van der Waals surface area contributed by atoms with Crippen LogP contribution in [0.3, 0.4) is 0 Å². The Hall–Kier alpha value is -2.12. The van der Waals surface area contributed by atoms with Gasteiger partial charge in [-0.05, 0) is 24.1 Å². The Morgan fingerprint density at radius 1 is 1.24 bits per heavy atom. The number of pyridine rings is 1. The number of rotatable bonds is 5. The molecule has 0 unspecified atom stereocenters. The van der Waals surface area contributed by atoms with E-state index in [-0.39, 0.29) is 0 Å². The van der Waals surface area contributed by atoms with E-state index < -0.39 is 0 Å². The van der Waals surface area contributed by atoms with Crippen LogP contribution in [0.15, 0.2) is 47.2 Å². The Morgan fingerprint density at radius 2 is 2.12 bits per heavy atom. The van der Waals surface area contributed by atoms with Gasteiger partial charge < -0.3 is 8.97 Å². The van der Waals surface area contributed by atoms with Crippen molar-refractivity contribution in [2.24, 2.45) is 7.05 Å². The fourth-order valence-electron chi connectivity index (χ4n) is 2.66. The Morgan fingerprint density at radius 3 is 2.88 bits per heavy atom. The second-order valence-electron chi connectivity index (χ2n) is 6.24. The lowest BCUT2D eigenvalue weighted by Gasteiger charge is -2.01. The number of aromatic nitrogens is 5. The van der Waals surface area contributed by atoms with Crippen molar-refractivity contribution in [1.29, 1.82) is 0 Å². The molecule has 0 aliphatic carbocycles. The standard InChI is InChI=1S/C18H19N5S2/c1-12(2)15-8-13(10-24-15)17-20-21-18(22(17)3)25-11-14-9-23-7-5-4-6-16(23)19-14/h4-10,12H,11H2,1-3H3. The summed E-state index contributed by atoms with van der Waals surface area (Å²) >= 11 is 3.44. The van der Waals surface area contributed by atoms with Gasteiger partial charge in [0.2, 0.25) is 0 Å². The number of thiophene rings is 1. The first kappa shape index (κ1) is 16.4. The molecule has 0 atom stereocenters. The van der Waals surface area contributed by atoms with Crippen molar-refractivity contribution in [3.05, 3.63) is 52.6 Å². The Balaban J connectivity index is 1.52. The second kappa shape index (κ2) is 6.65. The van der Waals surface area contributed by atoms with Crippen LogP contribution in [0.25, 0.3) is 17.0 Å². The minimum absolute atomic E-state index is 0.538. The predicted octanol–water partition coefficient (Wildman–Crippen LogP) is 4.61. The molecular formula is C18H19N5S2. The fraction of sp³-hybridized carbons (Fsp3) is 0.278. The van der Waals surface area contributed by atoms with Gasteiger partial charge in [-0.2, -0.15) is 0 Å². The predicted molar refractivity (Wildman–Crippen MR) is 103 cm³/mol. The molecule has 4 rings (SSSR count). The number of fused-ring (bicyclic) bond motifs is 1. The van der Waals surface area contributed by atoms with E-state index in [0.29, 0.717) is 5.92 Å². The van der Waals surface area contributed by atoms with E-state index in [1.165, 1.54) is 4.88 Å². The summed E-state index contributed by atoms with van der Waals surface area (Å²) in [7, 11) is 2.02. The van der Waals surface area contributed by atoms with E-state index in [2.05, 4.69) is 51.2 Å². The van der Waals surface area contributed by atoms with Crippen LogP contribution in [0.1, 0.15) is 30.3 Å². The molecule has 0 bridgehead atoms. The van der Waals surface area contributed by atoms with Crippen molar-refractivity contribution in [3.8, 4) is 11.4 Å². The first-order valence-corrected chi connectivity index (χ1v) is 10.0. The first-order chi connectivity index (χ1) is 12.1. The van der Waals surface area contributed by atoms with Crippen molar-refractivity contribution in [2.75, 3.05) is 0 Å². The lowest BCUT2D eigenvalue weighted by molar-refractivity contribution is 0.793. The highest BCUT2D eigenvalue weighted by atomic mass is 32.2. The van der Waals surface area contributed by atoms with E-state index in [4.69, 9.17) is 0 Å². The maximum absolute atomic E-state index is 4.63. The third kappa shape index (κ3) is 3.21. The molecule has 0 saturated heterocycles. The smallest absolute Gasteiger partial charge is 0.191 e. The summed E-state index contributed by atoms with van der Waals surface area (Å²) in [6.45, 7) is 4.42. The number of thioether (sulfide) groups is 1. The molecule has 0 saturated carbocycles. The summed E-state index contributed by atoms with van der Waals surface area (Å²) < 4.78 is 4.10. The van der Waals surface area contributed by atoms with Gasteiger partial charge in [-0.1, -0.05) is 31.7 Å². The Bertz CT molecular complexity index is 979. The van der Waals surface area contributed by atoms with E-state index in [1.54, 1.807) is 23.1 Å². The molecule has 0 aliphatic rings. The zero-order chi connectivity index (χ0) is 17.4. The molecule has 0 radical (unpaired) electrons. The molecule has 0 amide bonds. The van der Waals surface area contributed by atoms with Gasteiger partial charge in [0.25, 0.3) is 0 Å². The summed E-state index contributed by atoms with van der Waals surface area (Å²) in [6.07, 6.45) is 4.08. The average molecular weight is 370 g/mol. The van der Waals surface area contributed by atoms with E-state index in [0.717, 1.165) is 33.6 Å². The molecule has 128 valence electrons. The Labute approximate surface area is 154 Å². The van der Waals surface area contributed by atoms with E-state index in [9.17, 15) is 0 Å². The van der Waals surface area contributed by atoms with Crippen LogP contribution in [0.5, 0.6) is 0 Å². The third-order valence-electron chi connectivity index (χ3n) is 4.04. The highest BCUT2D eigenvalue weighted by Crippen LogP contribution is 2.31. The van der Waals surface area contributed by atoms with Crippen molar-refractivity contribution in [3.63, 3.8) is 0 Å². The average Bonchev–Trinajstić information content (AvgIpc) is 3.30. The fourth-order valence-corrected chi connectivity index (χ4v) is 4.36. The molecule has 4 aromatic heterocycles. The van der Waals surface area contributed by atoms with Gasteiger partial charge in [0, 0.05) is 41.0 Å². The number of nitrogens with zero attached hydrogens (tertiary/aromatic N) is 5. The third-order valence-corrected chi connectivity index (χ3v) is 6.33. The van der Waals surface area contributed by atoms with Crippen LogP contribution in [-0.4, -0.2) is 24.1 Å². The number of hydrogen-bond donors (Lipinski definition) is 0. The van der Waals surface area contributed by atoms with Gasteiger partial charge in [-0.3, -0.25) is 0 Å². The van der Waals surface area contributed by atoms with Crippen molar-refractivity contribution < 1.29 is 0 Å². The van der Waals surface area contributed by atoms with Crippen molar-refractivity contribution >= 4 is 28.7 Å². The molecule has 0 spiro atoms. The van der Waals surface area contributed by atoms with E-state index >= 15 is 0 Å². The molecule has 4 aromatic rings. The lowest BCUT2D eigenvalue weighted by atomic mass is 10.1. The van der Waals surface area contributed by atoms with E-state index in [1.807, 2.05) is 35.8 Å². The minimum Gasteiger partial charge on any atom is -0.307 e. The van der Waals surface area contributed by atoms with Crippen LogP contribution >= 0.6 is 23.1 Å². The maximum Gasteiger partial charge on any atom is 0.191 e. The number of hydrogen-bond acceptors (Lipinski definition) is 5. The molecule has 4 heterocycles. The Kier molecular flexibility index (Phi) is 4.35. The molecule has 0 aliphatic heterocycles. The summed E-state index contributed by atoms with van der Waals surface area (Å²) in [5, 5.41) is 11.8. The quantitative estimate of drug-likeness (QED) is 0.482. The van der Waals surface area contributed by atoms with Gasteiger partial charge in [0.15, 0.2) is 11.0 Å². The lowest BCUT2D eigenvalue weighted by Crippen LogP contribution is -1.94. The monoisotopic (exact) mass is 369 g/mol. The summed E-state index contributed by atoms with van der Waals surface area (Å²) in [5.74, 6) is 2.23. The van der Waals surface area contributed by atoms with Crippen LogP contribution in [0.4, 0.5) is 0 Å².